The highest BCUT2D eigenvalue weighted by molar-refractivity contribution is 5.80. The summed E-state index contributed by atoms with van der Waals surface area (Å²) in [4.78, 5) is 5.99. The van der Waals surface area contributed by atoms with Gasteiger partial charge in [0.1, 0.15) is 5.75 Å². The summed E-state index contributed by atoms with van der Waals surface area (Å²) < 4.78 is 11.3. The second-order valence-electron chi connectivity index (χ2n) is 6.67. The van der Waals surface area contributed by atoms with Gasteiger partial charge in [-0.3, -0.25) is 4.90 Å². The summed E-state index contributed by atoms with van der Waals surface area (Å²) >= 11 is 0. The molecule has 0 radical (unpaired) electrons. The molecule has 0 saturated carbocycles. The highest BCUT2D eigenvalue weighted by Gasteiger charge is 2.21. The molecule has 0 amide bonds. The lowest BCUT2D eigenvalue weighted by molar-refractivity contribution is -0.0308. The van der Waals surface area contributed by atoms with E-state index in [1.54, 1.807) is 7.11 Å². The number of ether oxygens (including phenoxy) is 2. The zero-order chi connectivity index (χ0) is 17.1. The van der Waals surface area contributed by atoms with Gasteiger partial charge in [-0.2, -0.15) is 0 Å². The van der Waals surface area contributed by atoms with Crippen LogP contribution in [0.3, 0.4) is 0 Å². The zero-order valence-corrected chi connectivity index (χ0v) is 14.6. The van der Waals surface area contributed by atoms with Crippen LogP contribution in [0.2, 0.25) is 0 Å². The molecule has 1 N–H and O–H groups in total. The molecule has 1 aromatic heterocycles. The Bertz CT molecular complexity index is 810. The number of hydrogen-bond acceptors (Lipinski definition) is 3. The SMILES string of the molecule is COc1cccc(CC2CN(Cc3cc4ccccc4[nH]3)CCO2)c1. The Labute approximate surface area is 148 Å². The Morgan fingerprint density at radius 3 is 2.96 bits per heavy atom. The summed E-state index contributed by atoms with van der Waals surface area (Å²) in [6.45, 7) is 3.65. The second kappa shape index (κ2) is 7.30. The largest absolute Gasteiger partial charge is 0.497 e. The molecule has 2 aromatic carbocycles. The van der Waals surface area contributed by atoms with Crippen LogP contribution in [0, 0.1) is 0 Å². The van der Waals surface area contributed by atoms with Gasteiger partial charge < -0.3 is 14.5 Å². The predicted molar refractivity (Wildman–Crippen MR) is 100 cm³/mol. The highest BCUT2D eigenvalue weighted by Crippen LogP contribution is 2.19. The molecule has 3 aromatic rings. The van der Waals surface area contributed by atoms with E-state index in [1.165, 1.54) is 22.2 Å². The lowest BCUT2D eigenvalue weighted by Crippen LogP contribution is -2.42. The van der Waals surface area contributed by atoms with Gasteiger partial charge in [-0.1, -0.05) is 30.3 Å². The minimum absolute atomic E-state index is 0.227. The minimum atomic E-state index is 0.227. The molecule has 0 aliphatic carbocycles. The fraction of sp³-hybridized carbons (Fsp3) is 0.333. The summed E-state index contributed by atoms with van der Waals surface area (Å²) in [5.74, 6) is 0.906. The average molecular weight is 336 g/mol. The molecule has 1 aliphatic rings. The fourth-order valence-electron chi connectivity index (χ4n) is 3.57. The van der Waals surface area contributed by atoms with Crippen molar-refractivity contribution in [3.63, 3.8) is 0 Å². The minimum Gasteiger partial charge on any atom is -0.497 e. The first-order valence-electron chi connectivity index (χ1n) is 8.84. The summed E-state index contributed by atoms with van der Waals surface area (Å²) in [6, 6.07) is 18.9. The Morgan fingerprint density at radius 2 is 2.08 bits per heavy atom. The van der Waals surface area contributed by atoms with Gasteiger partial charge in [0, 0.05) is 37.3 Å². The van der Waals surface area contributed by atoms with Crippen molar-refractivity contribution in [2.24, 2.45) is 0 Å². The maximum Gasteiger partial charge on any atom is 0.119 e. The molecule has 4 rings (SSSR count). The van der Waals surface area contributed by atoms with Gasteiger partial charge in [0.15, 0.2) is 0 Å². The monoisotopic (exact) mass is 336 g/mol. The van der Waals surface area contributed by atoms with E-state index in [0.717, 1.165) is 38.4 Å². The van der Waals surface area contributed by atoms with Crippen LogP contribution in [-0.2, 0) is 17.7 Å². The van der Waals surface area contributed by atoms with E-state index in [-0.39, 0.29) is 6.10 Å². The van der Waals surface area contributed by atoms with Crippen LogP contribution in [0.25, 0.3) is 10.9 Å². The van der Waals surface area contributed by atoms with Crippen molar-refractivity contribution in [3.05, 3.63) is 65.9 Å². The first-order chi connectivity index (χ1) is 12.3. The van der Waals surface area contributed by atoms with E-state index in [0.29, 0.717) is 0 Å². The molecule has 1 unspecified atom stereocenters. The Hall–Kier alpha value is -2.30. The molecule has 4 heteroatoms. The Morgan fingerprint density at radius 1 is 1.16 bits per heavy atom. The Kier molecular flexibility index (Phi) is 4.72. The standard InChI is InChI=1S/C21H24N2O2/c1-24-19-7-4-5-16(11-19)12-20-15-23(9-10-25-20)14-18-13-17-6-2-3-8-21(17)22-18/h2-8,11,13,20,22H,9-10,12,14-15H2,1H3. The molecule has 1 aliphatic heterocycles. The van der Waals surface area contributed by atoms with Crippen LogP contribution in [-0.4, -0.2) is 42.8 Å². The summed E-state index contributed by atoms with van der Waals surface area (Å²) in [6.07, 6.45) is 1.14. The first-order valence-corrected chi connectivity index (χ1v) is 8.84. The van der Waals surface area contributed by atoms with E-state index in [1.807, 2.05) is 12.1 Å². The number of aromatic amines is 1. The van der Waals surface area contributed by atoms with Gasteiger partial charge in [0.25, 0.3) is 0 Å². The quantitative estimate of drug-likeness (QED) is 0.773. The molecule has 1 atom stereocenters. The summed E-state index contributed by atoms with van der Waals surface area (Å²) in [5.41, 5.74) is 3.73. The van der Waals surface area contributed by atoms with E-state index >= 15 is 0 Å². The van der Waals surface area contributed by atoms with E-state index < -0.39 is 0 Å². The number of morpholine rings is 1. The molecular formula is C21H24N2O2. The molecule has 2 heterocycles. The molecular weight excluding hydrogens is 312 g/mol. The van der Waals surface area contributed by atoms with Crippen LogP contribution >= 0.6 is 0 Å². The summed E-state index contributed by atoms with van der Waals surface area (Å²) in [7, 11) is 1.71. The van der Waals surface area contributed by atoms with Crippen molar-refractivity contribution in [1.29, 1.82) is 0 Å². The van der Waals surface area contributed by atoms with Crippen molar-refractivity contribution in [2.75, 3.05) is 26.8 Å². The number of hydrogen-bond donors (Lipinski definition) is 1. The maximum absolute atomic E-state index is 5.99. The van der Waals surface area contributed by atoms with E-state index in [4.69, 9.17) is 9.47 Å². The molecule has 130 valence electrons. The molecule has 1 saturated heterocycles. The lowest BCUT2D eigenvalue weighted by Gasteiger charge is -2.32. The van der Waals surface area contributed by atoms with Crippen LogP contribution in [0.5, 0.6) is 5.75 Å². The first kappa shape index (κ1) is 16.2. The highest BCUT2D eigenvalue weighted by atomic mass is 16.5. The average Bonchev–Trinajstić information content (AvgIpc) is 3.04. The molecule has 4 nitrogen and oxygen atoms in total. The Balaban J connectivity index is 1.40. The number of rotatable bonds is 5. The van der Waals surface area contributed by atoms with E-state index in [9.17, 15) is 0 Å². The normalized spacial score (nSPS) is 18.5. The third-order valence-corrected chi connectivity index (χ3v) is 4.80. The number of methoxy groups -OCH3 is 1. The van der Waals surface area contributed by atoms with Crippen LogP contribution in [0.15, 0.2) is 54.6 Å². The van der Waals surface area contributed by atoms with Crippen molar-refractivity contribution in [3.8, 4) is 5.75 Å². The fourth-order valence-corrected chi connectivity index (χ4v) is 3.57. The van der Waals surface area contributed by atoms with Gasteiger partial charge in [-0.05, 0) is 35.2 Å². The van der Waals surface area contributed by atoms with Crippen molar-refractivity contribution >= 4 is 10.9 Å². The number of benzene rings is 2. The number of fused-ring (bicyclic) bond motifs is 1. The smallest absolute Gasteiger partial charge is 0.119 e. The van der Waals surface area contributed by atoms with Crippen molar-refractivity contribution < 1.29 is 9.47 Å². The van der Waals surface area contributed by atoms with Gasteiger partial charge in [-0.15, -0.1) is 0 Å². The van der Waals surface area contributed by atoms with Crippen molar-refractivity contribution in [1.82, 2.24) is 9.88 Å². The molecule has 0 bridgehead atoms. The topological polar surface area (TPSA) is 37.5 Å². The number of nitrogens with zero attached hydrogens (tertiary/aromatic N) is 1. The molecule has 1 fully saturated rings. The van der Waals surface area contributed by atoms with Crippen LogP contribution in [0.4, 0.5) is 0 Å². The number of aromatic nitrogens is 1. The zero-order valence-electron chi connectivity index (χ0n) is 14.6. The third kappa shape index (κ3) is 3.86. The van der Waals surface area contributed by atoms with Gasteiger partial charge >= 0.3 is 0 Å². The van der Waals surface area contributed by atoms with E-state index in [2.05, 4.69) is 52.3 Å². The molecule has 25 heavy (non-hydrogen) atoms. The lowest BCUT2D eigenvalue weighted by atomic mass is 10.1. The van der Waals surface area contributed by atoms with Gasteiger partial charge in [0.2, 0.25) is 0 Å². The van der Waals surface area contributed by atoms with Gasteiger partial charge in [-0.25, -0.2) is 0 Å². The van der Waals surface area contributed by atoms with Crippen molar-refractivity contribution in [2.45, 2.75) is 19.1 Å². The number of nitrogens with one attached hydrogen (secondary N) is 1. The third-order valence-electron chi connectivity index (χ3n) is 4.80. The van der Waals surface area contributed by atoms with Gasteiger partial charge in [0.05, 0.1) is 19.8 Å². The second-order valence-corrected chi connectivity index (χ2v) is 6.67. The van der Waals surface area contributed by atoms with Crippen LogP contribution < -0.4 is 4.74 Å². The predicted octanol–water partition coefficient (Wildman–Crippen LogP) is 3.62. The molecule has 0 spiro atoms. The number of H-pyrrole nitrogens is 1. The summed E-state index contributed by atoms with van der Waals surface area (Å²) in [5, 5.41) is 1.28. The number of para-hydroxylation sites is 1. The maximum atomic E-state index is 5.99. The van der Waals surface area contributed by atoms with Crippen LogP contribution in [0.1, 0.15) is 11.3 Å².